The Labute approximate surface area is 143 Å². The number of unbranched alkanes of at least 4 members (excludes halogenated alkanes) is 1. The van der Waals surface area contributed by atoms with Crippen LogP contribution in [0.15, 0.2) is 0 Å². The monoisotopic (exact) mass is 333 g/mol. The Morgan fingerprint density at radius 3 is 2.79 bits per heavy atom. The smallest absolute Gasteiger partial charge is 0.317 e. The number of anilines is 1. The summed E-state index contributed by atoms with van der Waals surface area (Å²) >= 11 is 0. The van der Waals surface area contributed by atoms with E-state index < -0.39 is 0 Å². The van der Waals surface area contributed by atoms with Gasteiger partial charge in [0.1, 0.15) is 0 Å². The minimum atomic E-state index is 0.0192. The largest absolute Gasteiger partial charge is 0.378 e. The van der Waals surface area contributed by atoms with E-state index in [1.165, 1.54) is 0 Å². The number of carbonyl (C=O) groups excluding carboxylic acids is 1. The van der Waals surface area contributed by atoms with Gasteiger partial charge in [0.25, 0.3) is 0 Å². The third-order valence-corrected chi connectivity index (χ3v) is 4.64. The average Bonchev–Trinajstić information content (AvgIpc) is 2.62. The van der Waals surface area contributed by atoms with Gasteiger partial charge in [-0.15, -0.1) is 0 Å². The molecule has 0 saturated carbocycles. The van der Waals surface area contributed by atoms with Gasteiger partial charge in [0, 0.05) is 43.9 Å². The Morgan fingerprint density at radius 2 is 2.04 bits per heavy atom. The van der Waals surface area contributed by atoms with Crippen LogP contribution in [0, 0.1) is 6.92 Å². The molecule has 1 N–H and O–H groups in total. The van der Waals surface area contributed by atoms with E-state index in [0.29, 0.717) is 13.1 Å². The molecule has 0 aromatic carbocycles. The summed E-state index contributed by atoms with van der Waals surface area (Å²) in [6, 6.07) is 0.0192. The van der Waals surface area contributed by atoms with Crippen LogP contribution in [0.25, 0.3) is 0 Å². The molecule has 1 aromatic heterocycles. The van der Waals surface area contributed by atoms with Crippen LogP contribution in [-0.4, -0.2) is 60.3 Å². The number of rotatable bonds is 4. The van der Waals surface area contributed by atoms with Crippen molar-refractivity contribution in [1.29, 1.82) is 0 Å². The highest BCUT2D eigenvalue weighted by Crippen LogP contribution is 2.23. The van der Waals surface area contributed by atoms with Crippen molar-refractivity contribution in [3.05, 3.63) is 17.0 Å². The number of ether oxygens (including phenoxy) is 1. The molecule has 3 heterocycles. The van der Waals surface area contributed by atoms with E-state index in [0.717, 1.165) is 75.0 Å². The summed E-state index contributed by atoms with van der Waals surface area (Å²) in [4.78, 5) is 25.8. The normalized spacial score (nSPS) is 17.6. The predicted octanol–water partition coefficient (Wildman–Crippen LogP) is 1.49. The van der Waals surface area contributed by atoms with Crippen molar-refractivity contribution in [3.63, 3.8) is 0 Å². The van der Waals surface area contributed by atoms with Gasteiger partial charge >= 0.3 is 6.03 Å². The Kier molecular flexibility index (Phi) is 5.50. The van der Waals surface area contributed by atoms with Crippen LogP contribution in [-0.2, 0) is 17.7 Å². The van der Waals surface area contributed by atoms with Crippen LogP contribution < -0.4 is 10.2 Å². The molecule has 0 spiro atoms. The molecule has 0 radical (unpaired) electrons. The number of nitrogens with one attached hydrogen (secondary N) is 1. The molecular formula is C17H27N5O2. The number of nitrogens with zero attached hydrogens (tertiary/aromatic N) is 4. The van der Waals surface area contributed by atoms with Gasteiger partial charge in [-0.1, -0.05) is 13.3 Å². The molecule has 2 aliphatic rings. The van der Waals surface area contributed by atoms with Gasteiger partial charge in [-0.05, 0) is 13.3 Å². The van der Waals surface area contributed by atoms with Crippen LogP contribution >= 0.6 is 0 Å². The zero-order valence-electron chi connectivity index (χ0n) is 14.7. The lowest BCUT2D eigenvalue weighted by Gasteiger charge is -2.31. The fourth-order valence-electron chi connectivity index (χ4n) is 3.12. The molecule has 132 valence electrons. The summed E-state index contributed by atoms with van der Waals surface area (Å²) < 4.78 is 5.40. The standard InChI is InChI=1S/C17H27N5O2/c1-3-4-6-18-17(23)22-7-5-15-14(12-22)13(2)19-16(20-15)21-8-10-24-11-9-21/h3-12H2,1-2H3,(H,18,23). The Morgan fingerprint density at radius 1 is 1.25 bits per heavy atom. The molecular weight excluding hydrogens is 306 g/mol. The number of fused-ring (bicyclic) bond motifs is 1. The predicted molar refractivity (Wildman–Crippen MR) is 92.2 cm³/mol. The lowest BCUT2D eigenvalue weighted by Crippen LogP contribution is -2.44. The minimum Gasteiger partial charge on any atom is -0.378 e. The lowest BCUT2D eigenvalue weighted by molar-refractivity contribution is 0.122. The summed E-state index contributed by atoms with van der Waals surface area (Å²) in [5.41, 5.74) is 3.16. The molecule has 1 fully saturated rings. The maximum atomic E-state index is 12.3. The second-order valence-electron chi connectivity index (χ2n) is 6.39. The third-order valence-electron chi connectivity index (χ3n) is 4.64. The highest BCUT2D eigenvalue weighted by atomic mass is 16.5. The first-order valence-corrected chi connectivity index (χ1v) is 8.91. The van der Waals surface area contributed by atoms with E-state index in [9.17, 15) is 4.79 Å². The lowest BCUT2D eigenvalue weighted by atomic mass is 10.0. The SMILES string of the molecule is CCCCNC(=O)N1CCc2nc(N3CCOCC3)nc(C)c2C1. The second kappa shape index (κ2) is 7.79. The van der Waals surface area contributed by atoms with Crippen LogP contribution in [0.5, 0.6) is 0 Å². The quantitative estimate of drug-likeness (QED) is 0.846. The van der Waals surface area contributed by atoms with E-state index in [4.69, 9.17) is 9.72 Å². The van der Waals surface area contributed by atoms with Gasteiger partial charge in [0.15, 0.2) is 0 Å². The molecule has 7 nitrogen and oxygen atoms in total. The van der Waals surface area contributed by atoms with Gasteiger partial charge < -0.3 is 19.9 Å². The first-order valence-electron chi connectivity index (χ1n) is 8.91. The molecule has 2 aliphatic heterocycles. The molecule has 0 bridgehead atoms. The van der Waals surface area contributed by atoms with E-state index in [1.54, 1.807) is 0 Å². The Bertz CT molecular complexity index is 587. The van der Waals surface area contributed by atoms with E-state index in [-0.39, 0.29) is 6.03 Å². The number of carbonyl (C=O) groups is 1. The van der Waals surface area contributed by atoms with E-state index >= 15 is 0 Å². The molecule has 3 rings (SSSR count). The molecule has 2 amide bonds. The Balaban J connectivity index is 1.69. The van der Waals surface area contributed by atoms with Crippen LogP contribution in [0.2, 0.25) is 0 Å². The zero-order valence-corrected chi connectivity index (χ0v) is 14.7. The molecule has 0 unspecified atom stereocenters. The van der Waals surface area contributed by atoms with Crippen LogP contribution in [0.1, 0.15) is 36.7 Å². The summed E-state index contributed by atoms with van der Waals surface area (Å²) in [7, 11) is 0. The first kappa shape index (κ1) is 17.0. The summed E-state index contributed by atoms with van der Waals surface area (Å²) in [6.07, 6.45) is 2.89. The number of amides is 2. The minimum absolute atomic E-state index is 0.0192. The van der Waals surface area contributed by atoms with Crippen molar-refractivity contribution in [1.82, 2.24) is 20.2 Å². The summed E-state index contributed by atoms with van der Waals surface area (Å²) in [5.74, 6) is 0.801. The van der Waals surface area contributed by atoms with Crippen molar-refractivity contribution in [2.45, 2.75) is 39.7 Å². The molecule has 24 heavy (non-hydrogen) atoms. The maximum absolute atomic E-state index is 12.3. The van der Waals surface area contributed by atoms with E-state index in [1.807, 2.05) is 11.8 Å². The van der Waals surface area contributed by atoms with Gasteiger partial charge in [-0.2, -0.15) is 0 Å². The second-order valence-corrected chi connectivity index (χ2v) is 6.39. The zero-order chi connectivity index (χ0) is 16.9. The number of urea groups is 1. The van der Waals surface area contributed by atoms with E-state index in [2.05, 4.69) is 22.1 Å². The fourth-order valence-corrected chi connectivity index (χ4v) is 3.12. The van der Waals surface area contributed by atoms with Crippen molar-refractivity contribution in [3.8, 4) is 0 Å². The first-order chi connectivity index (χ1) is 11.7. The number of aromatic nitrogens is 2. The highest BCUT2D eigenvalue weighted by molar-refractivity contribution is 5.74. The fraction of sp³-hybridized carbons (Fsp3) is 0.706. The average molecular weight is 333 g/mol. The topological polar surface area (TPSA) is 70.6 Å². The van der Waals surface area contributed by atoms with Crippen LogP contribution in [0.3, 0.4) is 0 Å². The van der Waals surface area contributed by atoms with Gasteiger partial charge in [0.2, 0.25) is 5.95 Å². The molecule has 1 aromatic rings. The van der Waals surface area contributed by atoms with Crippen molar-refractivity contribution < 1.29 is 9.53 Å². The van der Waals surface area contributed by atoms with Gasteiger partial charge in [0.05, 0.1) is 25.5 Å². The highest BCUT2D eigenvalue weighted by Gasteiger charge is 2.25. The van der Waals surface area contributed by atoms with Crippen molar-refractivity contribution in [2.75, 3.05) is 44.3 Å². The number of hydrogen-bond acceptors (Lipinski definition) is 5. The Hall–Kier alpha value is -1.89. The molecule has 0 aliphatic carbocycles. The number of morpholine rings is 1. The number of aryl methyl sites for hydroxylation is 1. The third kappa shape index (κ3) is 3.77. The summed E-state index contributed by atoms with van der Waals surface area (Å²) in [6.45, 7) is 9.32. The van der Waals surface area contributed by atoms with Crippen LogP contribution in [0.4, 0.5) is 10.7 Å². The van der Waals surface area contributed by atoms with Crippen molar-refractivity contribution >= 4 is 12.0 Å². The maximum Gasteiger partial charge on any atom is 0.317 e. The van der Waals surface area contributed by atoms with Gasteiger partial charge in [-0.25, -0.2) is 14.8 Å². The van der Waals surface area contributed by atoms with Crippen molar-refractivity contribution in [2.24, 2.45) is 0 Å². The molecule has 0 atom stereocenters. The molecule has 7 heteroatoms. The summed E-state index contributed by atoms with van der Waals surface area (Å²) in [5, 5.41) is 2.99. The molecule has 1 saturated heterocycles. The van der Waals surface area contributed by atoms with Gasteiger partial charge in [-0.3, -0.25) is 0 Å². The number of hydrogen-bond donors (Lipinski definition) is 1.